The molecule has 1 saturated carbocycles. The van der Waals surface area contributed by atoms with E-state index in [1.807, 2.05) is 0 Å². The third-order valence-electron chi connectivity index (χ3n) is 5.23. The van der Waals surface area contributed by atoms with Crippen LogP contribution in [0.3, 0.4) is 0 Å². The second kappa shape index (κ2) is 6.08. The van der Waals surface area contributed by atoms with Crippen LogP contribution in [0.2, 0.25) is 0 Å². The van der Waals surface area contributed by atoms with Gasteiger partial charge >= 0.3 is 0 Å². The molecular formula is C18H26N2O. The average Bonchev–Trinajstić information content (AvgIpc) is 2.52. The molecule has 0 bridgehead atoms. The van der Waals surface area contributed by atoms with Crippen LogP contribution in [0.25, 0.3) is 0 Å². The molecule has 0 aromatic heterocycles. The molecule has 3 heteroatoms. The highest BCUT2D eigenvalue weighted by Gasteiger charge is 2.31. The summed E-state index contributed by atoms with van der Waals surface area (Å²) in [5.74, 6) is 1.46. The minimum atomic E-state index is 0.236. The standard InChI is InChI=1S/C18H26N2O/c1-3-14-8-9-18(21)15(12-14)13-20-11-10-19(2)16-6-4-5-7-17(16)20/h4-7,14-15H,3,8-13H2,1-2H3. The lowest BCUT2D eigenvalue weighted by Gasteiger charge is -2.39. The Bertz CT molecular complexity index is 514. The number of anilines is 2. The highest BCUT2D eigenvalue weighted by atomic mass is 16.1. The van der Waals surface area contributed by atoms with Crippen molar-refractivity contribution in [2.24, 2.45) is 11.8 Å². The predicted octanol–water partition coefficient (Wildman–Crippen LogP) is 3.34. The van der Waals surface area contributed by atoms with E-state index in [1.54, 1.807) is 0 Å². The van der Waals surface area contributed by atoms with Crippen molar-refractivity contribution in [3.05, 3.63) is 24.3 Å². The Morgan fingerprint density at radius 2 is 1.95 bits per heavy atom. The van der Waals surface area contributed by atoms with Gasteiger partial charge in [0.1, 0.15) is 5.78 Å². The van der Waals surface area contributed by atoms with Gasteiger partial charge in [-0.15, -0.1) is 0 Å². The van der Waals surface area contributed by atoms with Crippen LogP contribution in [-0.4, -0.2) is 32.5 Å². The monoisotopic (exact) mass is 286 g/mol. The molecule has 0 saturated heterocycles. The van der Waals surface area contributed by atoms with E-state index in [0.717, 1.165) is 44.8 Å². The zero-order chi connectivity index (χ0) is 14.8. The van der Waals surface area contributed by atoms with Gasteiger partial charge < -0.3 is 9.80 Å². The van der Waals surface area contributed by atoms with Gasteiger partial charge in [-0.05, 0) is 30.9 Å². The zero-order valence-corrected chi connectivity index (χ0v) is 13.2. The fourth-order valence-corrected chi connectivity index (χ4v) is 3.77. The SMILES string of the molecule is CCC1CCC(=O)C(CN2CCN(C)c3ccccc32)C1. The number of benzene rings is 1. The Kier molecular flexibility index (Phi) is 4.18. The van der Waals surface area contributed by atoms with Crippen LogP contribution < -0.4 is 9.80 Å². The Labute approximate surface area is 127 Å². The Hall–Kier alpha value is -1.51. The molecule has 21 heavy (non-hydrogen) atoms. The second-order valence-electron chi connectivity index (χ2n) is 6.57. The number of likely N-dealkylation sites (N-methyl/N-ethyl adjacent to an activating group) is 1. The molecule has 1 aromatic carbocycles. The van der Waals surface area contributed by atoms with Crippen molar-refractivity contribution in [3.63, 3.8) is 0 Å². The van der Waals surface area contributed by atoms with E-state index < -0.39 is 0 Å². The van der Waals surface area contributed by atoms with Gasteiger partial charge in [0.25, 0.3) is 0 Å². The summed E-state index contributed by atoms with van der Waals surface area (Å²) in [5.41, 5.74) is 2.58. The van der Waals surface area contributed by atoms with Crippen molar-refractivity contribution in [1.82, 2.24) is 0 Å². The maximum atomic E-state index is 12.3. The molecule has 0 spiro atoms. The van der Waals surface area contributed by atoms with Gasteiger partial charge in [-0.1, -0.05) is 25.5 Å². The van der Waals surface area contributed by atoms with Gasteiger partial charge in [-0.2, -0.15) is 0 Å². The summed E-state index contributed by atoms with van der Waals surface area (Å²) in [7, 11) is 2.15. The number of rotatable bonds is 3. The van der Waals surface area contributed by atoms with Gasteiger partial charge in [0.05, 0.1) is 11.4 Å². The maximum Gasteiger partial charge on any atom is 0.137 e. The van der Waals surface area contributed by atoms with E-state index in [4.69, 9.17) is 0 Å². The van der Waals surface area contributed by atoms with Crippen LogP contribution >= 0.6 is 0 Å². The molecule has 114 valence electrons. The smallest absolute Gasteiger partial charge is 0.137 e. The van der Waals surface area contributed by atoms with Gasteiger partial charge in [0.2, 0.25) is 0 Å². The number of carbonyl (C=O) groups excluding carboxylic acids is 1. The van der Waals surface area contributed by atoms with E-state index in [-0.39, 0.29) is 5.92 Å². The second-order valence-corrected chi connectivity index (χ2v) is 6.57. The lowest BCUT2D eigenvalue weighted by atomic mass is 9.79. The first kappa shape index (κ1) is 14.4. The Morgan fingerprint density at radius 1 is 1.19 bits per heavy atom. The normalized spacial score (nSPS) is 25.9. The number of para-hydroxylation sites is 2. The molecule has 1 aliphatic carbocycles. The van der Waals surface area contributed by atoms with Gasteiger partial charge in [-0.3, -0.25) is 4.79 Å². The Morgan fingerprint density at radius 3 is 2.71 bits per heavy atom. The molecule has 3 rings (SSSR count). The molecule has 1 fully saturated rings. The van der Waals surface area contributed by atoms with E-state index in [2.05, 4.69) is 48.0 Å². The summed E-state index contributed by atoms with van der Waals surface area (Å²) in [6.07, 6.45) is 4.19. The first-order valence-electron chi connectivity index (χ1n) is 8.27. The van der Waals surface area contributed by atoms with Crippen molar-refractivity contribution >= 4 is 17.2 Å². The zero-order valence-electron chi connectivity index (χ0n) is 13.2. The van der Waals surface area contributed by atoms with Crippen LogP contribution in [0.5, 0.6) is 0 Å². The van der Waals surface area contributed by atoms with Crippen LogP contribution in [-0.2, 0) is 4.79 Å². The summed E-state index contributed by atoms with van der Waals surface area (Å²) in [4.78, 5) is 17.0. The van der Waals surface area contributed by atoms with Crippen molar-refractivity contribution in [2.75, 3.05) is 36.5 Å². The highest BCUT2D eigenvalue weighted by Crippen LogP contribution is 2.35. The van der Waals surface area contributed by atoms with Crippen LogP contribution in [0.4, 0.5) is 11.4 Å². The summed E-state index contributed by atoms with van der Waals surface area (Å²) < 4.78 is 0. The third kappa shape index (κ3) is 2.92. The Balaban J connectivity index is 1.76. The molecule has 2 aliphatic rings. The topological polar surface area (TPSA) is 23.6 Å². The van der Waals surface area contributed by atoms with Crippen molar-refractivity contribution in [2.45, 2.75) is 32.6 Å². The van der Waals surface area contributed by atoms with Crippen molar-refractivity contribution < 1.29 is 4.79 Å². The molecule has 1 heterocycles. The molecular weight excluding hydrogens is 260 g/mol. The van der Waals surface area contributed by atoms with Gasteiger partial charge in [0.15, 0.2) is 0 Å². The van der Waals surface area contributed by atoms with E-state index >= 15 is 0 Å². The lowest BCUT2D eigenvalue weighted by molar-refractivity contribution is -0.125. The van der Waals surface area contributed by atoms with Gasteiger partial charge in [-0.25, -0.2) is 0 Å². The van der Waals surface area contributed by atoms with Crippen LogP contribution in [0, 0.1) is 11.8 Å². The van der Waals surface area contributed by atoms with E-state index in [0.29, 0.717) is 5.78 Å². The molecule has 2 unspecified atom stereocenters. The quantitative estimate of drug-likeness (QED) is 0.851. The summed E-state index contributed by atoms with van der Waals surface area (Å²) in [6, 6.07) is 8.56. The fourth-order valence-electron chi connectivity index (χ4n) is 3.77. The first-order valence-corrected chi connectivity index (χ1v) is 8.27. The molecule has 2 atom stereocenters. The number of hydrogen-bond donors (Lipinski definition) is 0. The first-order chi connectivity index (χ1) is 10.2. The fraction of sp³-hybridized carbons (Fsp3) is 0.611. The molecule has 0 amide bonds. The lowest BCUT2D eigenvalue weighted by Crippen LogP contribution is -2.43. The number of carbonyl (C=O) groups is 1. The molecule has 0 radical (unpaired) electrons. The third-order valence-corrected chi connectivity index (χ3v) is 5.23. The number of nitrogens with zero attached hydrogens (tertiary/aromatic N) is 2. The van der Waals surface area contributed by atoms with E-state index in [1.165, 1.54) is 17.8 Å². The minimum Gasteiger partial charge on any atom is -0.371 e. The summed E-state index contributed by atoms with van der Waals surface area (Å²) >= 11 is 0. The molecule has 1 aromatic rings. The minimum absolute atomic E-state index is 0.236. The van der Waals surface area contributed by atoms with Gasteiger partial charge in [0, 0.05) is 39.0 Å². The van der Waals surface area contributed by atoms with Crippen molar-refractivity contribution in [1.29, 1.82) is 0 Å². The van der Waals surface area contributed by atoms with Crippen molar-refractivity contribution in [3.8, 4) is 0 Å². The van der Waals surface area contributed by atoms with E-state index in [9.17, 15) is 4.79 Å². The summed E-state index contributed by atoms with van der Waals surface area (Å²) in [5, 5.41) is 0. The highest BCUT2D eigenvalue weighted by molar-refractivity contribution is 5.83. The predicted molar refractivity (Wildman–Crippen MR) is 88.1 cm³/mol. The average molecular weight is 286 g/mol. The molecule has 0 N–H and O–H groups in total. The van der Waals surface area contributed by atoms with Crippen LogP contribution in [0.15, 0.2) is 24.3 Å². The number of hydrogen-bond acceptors (Lipinski definition) is 3. The number of fused-ring (bicyclic) bond motifs is 1. The van der Waals surface area contributed by atoms with Crippen LogP contribution in [0.1, 0.15) is 32.6 Å². The maximum absolute atomic E-state index is 12.3. The number of ketones is 1. The molecule has 1 aliphatic heterocycles. The largest absolute Gasteiger partial charge is 0.371 e. The summed E-state index contributed by atoms with van der Waals surface area (Å²) in [6.45, 7) is 5.21. The molecule has 3 nitrogen and oxygen atoms in total. The number of Topliss-reactive ketones (excluding diaryl/α,β-unsaturated/α-hetero) is 1.